The van der Waals surface area contributed by atoms with Crippen molar-refractivity contribution in [1.29, 1.82) is 0 Å². The first kappa shape index (κ1) is 16.4. The molecule has 0 spiro atoms. The summed E-state index contributed by atoms with van der Waals surface area (Å²) in [7, 11) is 3.11. The number of carbonyl (C=O) groups is 1. The molecule has 3 rings (SSSR count). The molecular formula is C19H17N3O3. The van der Waals surface area contributed by atoms with E-state index < -0.39 is 0 Å². The summed E-state index contributed by atoms with van der Waals surface area (Å²) in [5.41, 5.74) is 2.81. The van der Waals surface area contributed by atoms with E-state index in [-0.39, 0.29) is 12.5 Å². The van der Waals surface area contributed by atoms with Crippen molar-refractivity contribution in [3.63, 3.8) is 0 Å². The molecule has 1 N–H and O–H groups in total. The van der Waals surface area contributed by atoms with E-state index in [2.05, 4.69) is 16.2 Å². The Kier molecular flexibility index (Phi) is 4.57. The summed E-state index contributed by atoms with van der Waals surface area (Å²) in [5.74, 6) is 3.61. The fourth-order valence-corrected chi connectivity index (χ4v) is 2.60. The van der Waals surface area contributed by atoms with Crippen molar-refractivity contribution in [3.8, 4) is 23.8 Å². The largest absolute Gasteiger partial charge is 0.497 e. The predicted molar refractivity (Wildman–Crippen MR) is 95.8 cm³/mol. The lowest BCUT2D eigenvalue weighted by molar-refractivity contribution is -0.116. The van der Waals surface area contributed by atoms with Crippen LogP contribution in [0.4, 0.5) is 5.69 Å². The molecule has 0 saturated heterocycles. The second kappa shape index (κ2) is 6.97. The zero-order chi connectivity index (χ0) is 17.8. The third-order valence-electron chi connectivity index (χ3n) is 3.74. The topological polar surface area (TPSA) is 65.4 Å². The van der Waals surface area contributed by atoms with Gasteiger partial charge in [0.1, 0.15) is 18.0 Å². The number of ether oxygens (including phenoxy) is 2. The van der Waals surface area contributed by atoms with Gasteiger partial charge in [-0.15, -0.1) is 6.42 Å². The van der Waals surface area contributed by atoms with E-state index in [1.54, 1.807) is 43.3 Å². The Bertz CT molecular complexity index is 947. The summed E-state index contributed by atoms with van der Waals surface area (Å²) in [6, 6.07) is 10.7. The molecule has 2 aromatic carbocycles. The van der Waals surface area contributed by atoms with Crippen molar-refractivity contribution < 1.29 is 14.3 Å². The quantitative estimate of drug-likeness (QED) is 0.728. The first-order chi connectivity index (χ1) is 12.1. The number of hydrogen-bond acceptors (Lipinski definition) is 4. The van der Waals surface area contributed by atoms with E-state index in [0.717, 1.165) is 11.0 Å². The van der Waals surface area contributed by atoms with Crippen LogP contribution in [0.2, 0.25) is 0 Å². The van der Waals surface area contributed by atoms with Gasteiger partial charge < -0.3 is 19.4 Å². The van der Waals surface area contributed by atoms with Crippen LogP contribution in [0.5, 0.6) is 11.5 Å². The van der Waals surface area contributed by atoms with Crippen LogP contribution in [-0.4, -0.2) is 29.7 Å². The number of methoxy groups -OCH3 is 2. The van der Waals surface area contributed by atoms with Crippen molar-refractivity contribution in [2.24, 2.45) is 0 Å². The van der Waals surface area contributed by atoms with Gasteiger partial charge in [-0.25, -0.2) is 4.98 Å². The van der Waals surface area contributed by atoms with E-state index >= 15 is 0 Å². The molecule has 0 saturated carbocycles. The minimum absolute atomic E-state index is 0.0920. The predicted octanol–water partition coefficient (Wildman–Crippen LogP) is 2.67. The number of aromatic nitrogens is 2. The van der Waals surface area contributed by atoms with Crippen molar-refractivity contribution in [2.75, 3.05) is 19.5 Å². The fraction of sp³-hybridized carbons (Fsp3) is 0.158. The standard InChI is InChI=1S/C19H17N3O3/c1-4-13-6-5-7-17-19(13)22(12-20-17)11-18(23)21-14-8-15(24-2)10-16(9-14)25-3/h1,5-10,12H,11H2,2-3H3,(H,21,23). The zero-order valence-corrected chi connectivity index (χ0v) is 13.9. The van der Waals surface area contributed by atoms with E-state index in [0.29, 0.717) is 22.7 Å². The highest BCUT2D eigenvalue weighted by Gasteiger charge is 2.11. The van der Waals surface area contributed by atoms with Gasteiger partial charge in [-0.2, -0.15) is 0 Å². The number of carbonyl (C=O) groups excluding carboxylic acids is 1. The van der Waals surface area contributed by atoms with Crippen molar-refractivity contribution in [2.45, 2.75) is 6.54 Å². The van der Waals surface area contributed by atoms with Crippen molar-refractivity contribution in [3.05, 3.63) is 48.3 Å². The molecule has 0 radical (unpaired) electrons. The summed E-state index contributed by atoms with van der Waals surface area (Å²) in [4.78, 5) is 16.7. The molecule has 0 unspecified atom stereocenters. The number of fused-ring (bicyclic) bond motifs is 1. The van der Waals surface area contributed by atoms with E-state index in [1.165, 1.54) is 0 Å². The molecule has 1 amide bonds. The number of terminal acetylenes is 1. The summed E-state index contributed by atoms with van der Waals surface area (Å²) in [6.07, 6.45) is 7.15. The molecule has 0 atom stereocenters. The van der Waals surface area contributed by atoms with Crippen LogP contribution in [0.3, 0.4) is 0 Å². The number of imidazole rings is 1. The Morgan fingerprint density at radius 3 is 2.60 bits per heavy atom. The fourth-order valence-electron chi connectivity index (χ4n) is 2.60. The van der Waals surface area contributed by atoms with Crippen LogP contribution in [0.15, 0.2) is 42.7 Å². The SMILES string of the molecule is C#Cc1cccc2ncn(CC(=O)Nc3cc(OC)cc(OC)c3)c12. The van der Waals surface area contributed by atoms with Crippen LogP contribution in [-0.2, 0) is 11.3 Å². The number of nitrogens with one attached hydrogen (secondary N) is 1. The number of nitrogens with zero attached hydrogens (tertiary/aromatic N) is 2. The highest BCUT2D eigenvalue weighted by molar-refractivity contribution is 5.92. The summed E-state index contributed by atoms with van der Waals surface area (Å²) < 4.78 is 12.1. The van der Waals surface area contributed by atoms with Gasteiger partial charge in [0.15, 0.2) is 0 Å². The molecule has 0 aliphatic rings. The van der Waals surface area contributed by atoms with Gasteiger partial charge in [0, 0.05) is 23.9 Å². The minimum atomic E-state index is -0.207. The normalized spacial score (nSPS) is 10.3. The van der Waals surface area contributed by atoms with Gasteiger partial charge in [0.2, 0.25) is 5.91 Å². The third-order valence-corrected chi connectivity index (χ3v) is 3.74. The highest BCUT2D eigenvalue weighted by Crippen LogP contribution is 2.26. The van der Waals surface area contributed by atoms with Gasteiger partial charge in [-0.1, -0.05) is 12.0 Å². The van der Waals surface area contributed by atoms with Gasteiger partial charge in [-0.3, -0.25) is 4.79 Å². The zero-order valence-electron chi connectivity index (χ0n) is 13.9. The summed E-state index contributed by atoms with van der Waals surface area (Å²) in [6.45, 7) is 0.0920. The van der Waals surface area contributed by atoms with Crippen molar-refractivity contribution >= 4 is 22.6 Å². The minimum Gasteiger partial charge on any atom is -0.497 e. The monoisotopic (exact) mass is 335 g/mol. The lowest BCUT2D eigenvalue weighted by Crippen LogP contribution is -2.18. The molecule has 0 aliphatic heterocycles. The molecule has 0 aliphatic carbocycles. The maximum atomic E-state index is 12.4. The molecule has 126 valence electrons. The van der Waals surface area contributed by atoms with Gasteiger partial charge in [0.05, 0.1) is 37.1 Å². The Hall–Kier alpha value is -3.46. The summed E-state index contributed by atoms with van der Waals surface area (Å²) >= 11 is 0. The first-order valence-corrected chi connectivity index (χ1v) is 7.58. The number of hydrogen-bond donors (Lipinski definition) is 1. The first-order valence-electron chi connectivity index (χ1n) is 7.58. The van der Waals surface area contributed by atoms with Gasteiger partial charge >= 0.3 is 0 Å². The number of anilines is 1. The Morgan fingerprint density at radius 2 is 1.96 bits per heavy atom. The van der Waals surface area contributed by atoms with Crippen LogP contribution >= 0.6 is 0 Å². The van der Waals surface area contributed by atoms with Crippen LogP contribution in [0.25, 0.3) is 11.0 Å². The maximum absolute atomic E-state index is 12.4. The van der Waals surface area contributed by atoms with Gasteiger partial charge in [0.25, 0.3) is 0 Å². The molecule has 0 fully saturated rings. The molecule has 25 heavy (non-hydrogen) atoms. The number of amides is 1. The average molecular weight is 335 g/mol. The number of benzene rings is 2. The maximum Gasteiger partial charge on any atom is 0.244 e. The second-order valence-electron chi connectivity index (χ2n) is 5.34. The number of rotatable bonds is 5. The number of para-hydroxylation sites is 1. The average Bonchev–Trinajstić information content (AvgIpc) is 3.04. The summed E-state index contributed by atoms with van der Waals surface area (Å²) in [5, 5.41) is 2.83. The van der Waals surface area contributed by atoms with E-state index in [9.17, 15) is 4.79 Å². The lowest BCUT2D eigenvalue weighted by Gasteiger charge is -2.11. The molecule has 3 aromatic rings. The molecule has 1 aromatic heterocycles. The Labute approximate surface area is 145 Å². The van der Waals surface area contributed by atoms with Crippen LogP contribution in [0.1, 0.15) is 5.56 Å². The molecular weight excluding hydrogens is 318 g/mol. The van der Waals surface area contributed by atoms with Crippen LogP contribution < -0.4 is 14.8 Å². The third kappa shape index (κ3) is 3.40. The molecule has 0 bridgehead atoms. The van der Waals surface area contributed by atoms with Gasteiger partial charge in [-0.05, 0) is 12.1 Å². The Morgan fingerprint density at radius 1 is 1.24 bits per heavy atom. The Balaban J connectivity index is 1.83. The van der Waals surface area contributed by atoms with Crippen LogP contribution in [0, 0.1) is 12.3 Å². The van der Waals surface area contributed by atoms with E-state index in [4.69, 9.17) is 15.9 Å². The van der Waals surface area contributed by atoms with E-state index in [1.807, 2.05) is 18.2 Å². The molecule has 6 nitrogen and oxygen atoms in total. The second-order valence-corrected chi connectivity index (χ2v) is 5.34. The van der Waals surface area contributed by atoms with Crippen molar-refractivity contribution in [1.82, 2.24) is 9.55 Å². The molecule has 6 heteroatoms. The molecule has 1 heterocycles. The highest BCUT2D eigenvalue weighted by atomic mass is 16.5. The smallest absolute Gasteiger partial charge is 0.244 e. The lowest BCUT2D eigenvalue weighted by atomic mass is 10.2.